The SMILES string of the molecule is CCCC[Si](CCCC)(CCCC)c1cc2ccccc2s1. The van der Waals surface area contributed by atoms with Gasteiger partial charge in [-0.2, -0.15) is 0 Å². The van der Waals surface area contributed by atoms with Gasteiger partial charge in [-0.3, -0.25) is 0 Å². The monoisotopic (exact) mass is 332 g/mol. The van der Waals surface area contributed by atoms with Crippen LogP contribution in [0, 0.1) is 0 Å². The van der Waals surface area contributed by atoms with Crippen molar-refractivity contribution in [3.63, 3.8) is 0 Å². The highest BCUT2D eigenvalue weighted by Crippen LogP contribution is 2.32. The molecule has 2 rings (SSSR count). The third-order valence-electron chi connectivity index (χ3n) is 4.97. The van der Waals surface area contributed by atoms with Crippen LogP contribution in [0.25, 0.3) is 10.1 Å². The lowest BCUT2D eigenvalue weighted by atomic mass is 10.3. The lowest BCUT2D eigenvalue weighted by molar-refractivity contribution is 0.801. The van der Waals surface area contributed by atoms with Crippen LogP contribution in [-0.2, 0) is 0 Å². The summed E-state index contributed by atoms with van der Waals surface area (Å²) in [5.74, 6) is 0. The minimum absolute atomic E-state index is 1.30. The zero-order valence-electron chi connectivity index (χ0n) is 14.7. The predicted octanol–water partition coefficient (Wildman–Crippen LogP) is 6.96. The molecule has 1 aromatic carbocycles. The fraction of sp³-hybridized carbons (Fsp3) is 0.600. The second-order valence-corrected chi connectivity index (χ2v) is 12.8. The van der Waals surface area contributed by atoms with Crippen molar-refractivity contribution >= 4 is 34.0 Å². The van der Waals surface area contributed by atoms with E-state index in [1.165, 1.54) is 66.7 Å². The summed E-state index contributed by atoms with van der Waals surface area (Å²) < 4.78 is 3.29. The van der Waals surface area contributed by atoms with Crippen molar-refractivity contribution in [3.05, 3.63) is 30.3 Å². The fourth-order valence-corrected chi connectivity index (χ4v) is 11.5. The molecule has 0 saturated carbocycles. The third kappa shape index (κ3) is 4.23. The molecular formula is C20H32SSi. The Balaban J connectivity index is 2.37. The molecule has 0 spiro atoms. The van der Waals surface area contributed by atoms with Crippen LogP contribution >= 0.6 is 11.3 Å². The molecule has 122 valence electrons. The standard InChI is InChI=1S/C20H32SSi/c1-4-7-14-22(15-8-5-2,16-9-6-3)20-17-18-12-10-11-13-19(18)21-20/h10-13,17H,4-9,14-16H2,1-3H3. The van der Waals surface area contributed by atoms with E-state index >= 15 is 0 Å². The zero-order chi connectivity index (χ0) is 15.8. The summed E-state index contributed by atoms with van der Waals surface area (Å²) in [4.78, 5) is 0. The van der Waals surface area contributed by atoms with Gasteiger partial charge in [0.2, 0.25) is 0 Å². The van der Waals surface area contributed by atoms with Crippen molar-refractivity contribution in [1.82, 2.24) is 0 Å². The first kappa shape index (κ1) is 17.7. The van der Waals surface area contributed by atoms with Gasteiger partial charge in [0.05, 0.1) is 8.07 Å². The van der Waals surface area contributed by atoms with E-state index in [1.807, 2.05) is 0 Å². The van der Waals surface area contributed by atoms with Crippen LogP contribution in [0.4, 0.5) is 0 Å². The highest BCUT2D eigenvalue weighted by atomic mass is 32.1. The summed E-state index contributed by atoms with van der Waals surface area (Å²) >= 11 is 2.12. The second kappa shape index (κ2) is 8.88. The van der Waals surface area contributed by atoms with Gasteiger partial charge in [0, 0.05) is 4.70 Å². The summed E-state index contributed by atoms with van der Waals surface area (Å²) in [6.07, 6.45) is 8.31. The van der Waals surface area contributed by atoms with E-state index in [1.54, 1.807) is 4.50 Å². The summed E-state index contributed by atoms with van der Waals surface area (Å²) in [6, 6.07) is 16.1. The van der Waals surface area contributed by atoms with Gasteiger partial charge in [-0.05, 0) is 22.0 Å². The number of hydrogen-bond donors (Lipinski definition) is 0. The van der Waals surface area contributed by atoms with Crippen LogP contribution in [0.1, 0.15) is 59.3 Å². The average molecular weight is 333 g/mol. The van der Waals surface area contributed by atoms with Crippen molar-refractivity contribution in [1.29, 1.82) is 0 Å². The van der Waals surface area contributed by atoms with Crippen LogP contribution < -0.4 is 4.50 Å². The van der Waals surface area contributed by atoms with Gasteiger partial charge in [0.15, 0.2) is 0 Å². The summed E-state index contributed by atoms with van der Waals surface area (Å²) in [6.45, 7) is 7.05. The Hall–Kier alpha value is -0.603. The van der Waals surface area contributed by atoms with E-state index in [0.29, 0.717) is 0 Å². The maximum Gasteiger partial charge on any atom is 0.0995 e. The lowest BCUT2D eigenvalue weighted by Crippen LogP contribution is -2.45. The van der Waals surface area contributed by atoms with Crippen molar-refractivity contribution in [3.8, 4) is 0 Å². The van der Waals surface area contributed by atoms with Crippen molar-refractivity contribution < 1.29 is 0 Å². The molecule has 0 bridgehead atoms. The second-order valence-electron chi connectivity index (χ2n) is 6.74. The summed E-state index contributed by atoms with van der Waals surface area (Å²) in [7, 11) is -1.30. The van der Waals surface area contributed by atoms with Crippen LogP contribution in [0.2, 0.25) is 18.1 Å². The Labute approximate surface area is 142 Å². The molecule has 0 radical (unpaired) electrons. The van der Waals surface area contributed by atoms with E-state index in [0.717, 1.165) is 0 Å². The Morgan fingerprint density at radius 2 is 1.36 bits per heavy atom. The van der Waals surface area contributed by atoms with Gasteiger partial charge in [-0.25, -0.2) is 0 Å². The molecule has 0 N–H and O–H groups in total. The summed E-state index contributed by atoms with van der Waals surface area (Å²) in [5.41, 5.74) is 0. The maximum atomic E-state index is 2.56. The molecule has 0 saturated heterocycles. The van der Waals surface area contributed by atoms with Gasteiger partial charge >= 0.3 is 0 Å². The molecule has 0 aliphatic carbocycles. The van der Waals surface area contributed by atoms with Crippen LogP contribution in [0.15, 0.2) is 30.3 Å². The maximum absolute atomic E-state index is 2.56. The first-order valence-corrected chi connectivity index (χ1v) is 12.7. The molecule has 2 aromatic rings. The van der Waals surface area contributed by atoms with Gasteiger partial charge in [0.25, 0.3) is 0 Å². The van der Waals surface area contributed by atoms with Gasteiger partial charge < -0.3 is 0 Å². The third-order valence-corrected chi connectivity index (χ3v) is 12.6. The topological polar surface area (TPSA) is 0 Å². The first-order chi connectivity index (χ1) is 10.8. The summed E-state index contributed by atoms with van der Waals surface area (Å²) in [5, 5.41) is 1.48. The molecule has 0 nitrogen and oxygen atoms in total. The molecule has 0 atom stereocenters. The Kier molecular flexibility index (Phi) is 7.16. The van der Waals surface area contributed by atoms with E-state index in [2.05, 4.69) is 62.4 Å². The minimum Gasteiger partial charge on any atom is -0.145 e. The number of unbranched alkanes of at least 4 members (excludes halogenated alkanes) is 3. The highest BCUT2D eigenvalue weighted by Gasteiger charge is 2.34. The Bertz CT molecular complexity index is 503. The quantitative estimate of drug-likeness (QED) is 0.413. The minimum atomic E-state index is -1.30. The molecule has 0 amide bonds. The van der Waals surface area contributed by atoms with Crippen LogP contribution in [0.5, 0.6) is 0 Å². The molecule has 2 heteroatoms. The Morgan fingerprint density at radius 1 is 0.818 bits per heavy atom. The van der Waals surface area contributed by atoms with E-state index in [9.17, 15) is 0 Å². The van der Waals surface area contributed by atoms with E-state index < -0.39 is 8.07 Å². The molecule has 0 aliphatic rings. The van der Waals surface area contributed by atoms with Crippen molar-refractivity contribution in [2.24, 2.45) is 0 Å². The average Bonchev–Trinajstić information content (AvgIpc) is 2.99. The molecule has 0 unspecified atom stereocenters. The van der Waals surface area contributed by atoms with Gasteiger partial charge in [0.1, 0.15) is 0 Å². The van der Waals surface area contributed by atoms with Crippen molar-refractivity contribution in [2.45, 2.75) is 77.4 Å². The van der Waals surface area contributed by atoms with Crippen LogP contribution in [0.3, 0.4) is 0 Å². The molecule has 0 aliphatic heterocycles. The predicted molar refractivity (Wildman–Crippen MR) is 106 cm³/mol. The molecule has 1 aromatic heterocycles. The van der Waals surface area contributed by atoms with E-state index in [4.69, 9.17) is 0 Å². The van der Waals surface area contributed by atoms with Crippen LogP contribution in [-0.4, -0.2) is 8.07 Å². The largest absolute Gasteiger partial charge is 0.145 e. The first-order valence-electron chi connectivity index (χ1n) is 9.24. The van der Waals surface area contributed by atoms with E-state index in [-0.39, 0.29) is 0 Å². The van der Waals surface area contributed by atoms with Gasteiger partial charge in [-0.15, -0.1) is 11.3 Å². The fourth-order valence-electron chi connectivity index (χ4n) is 3.53. The highest BCUT2D eigenvalue weighted by molar-refractivity contribution is 7.31. The number of hydrogen-bond acceptors (Lipinski definition) is 1. The molecule has 22 heavy (non-hydrogen) atoms. The Morgan fingerprint density at radius 3 is 1.86 bits per heavy atom. The molecule has 0 fully saturated rings. The normalized spacial score (nSPS) is 12.1. The number of fused-ring (bicyclic) bond motifs is 1. The number of rotatable bonds is 10. The lowest BCUT2D eigenvalue weighted by Gasteiger charge is -2.31. The molecular weight excluding hydrogens is 300 g/mol. The zero-order valence-corrected chi connectivity index (χ0v) is 16.5. The number of thiophene rings is 1. The molecule has 1 heterocycles. The smallest absolute Gasteiger partial charge is 0.0995 e. The number of benzene rings is 1. The van der Waals surface area contributed by atoms with Gasteiger partial charge in [-0.1, -0.05) is 95.6 Å². The van der Waals surface area contributed by atoms with Crippen molar-refractivity contribution in [2.75, 3.05) is 0 Å².